The third-order valence-corrected chi connectivity index (χ3v) is 3.05. The molecule has 6 heteroatoms. The van der Waals surface area contributed by atoms with Crippen LogP contribution in [0.3, 0.4) is 0 Å². The van der Waals surface area contributed by atoms with Gasteiger partial charge in [0.1, 0.15) is 0 Å². The number of ether oxygens (including phenoxy) is 1. The molecule has 0 aliphatic rings. The van der Waals surface area contributed by atoms with E-state index in [9.17, 15) is 13.2 Å². The van der Waals surface area contributed by atoms with Crippen LogP contribution in [-0.2, 0) is 6.54 Å². The minimum atomic E-state index is -3.09. The minimum Gasteiger partial charge on any atom is -0.432 e. The molecule has 0 aliphatic heterocycles. The van der Waals surface area contributed by atoms with E-state index in [0.717, 1.165) is 23.3 Å². The Bertz CT molecular complexity index is 632. The average molecular weight is 296 g/mol. The smallest absolute Gasteiger partial charge is 0.387 e. The molecule has 2 rings (SSSR count). The first-order chi connectivity index (χ1) is 9.97. The highest BCUT2D eigenvalue weighted by atomic mass is 19.3. The molecule has 0 saturated heterocycles. The van der Waals surface area contributed by atoms with Gasteiger partial charge in [-0.15, -0.1) is 0 Å². The highest BCUT2D eigenvalue weighted by Crippen LogP contribution is 2.29. The van der Waals surface area contributed by atoms with E-state index >= 15 is 0 Å². The number of anilines is 2. The number of halogens is 3. The van der Waals surface area contributed by atoms with Gasteiger partial charge in [-0.3, -0.25) is 0 Å². The van der Waals surface area contributed by atoms with Crippen molar-refractivity contribution in [1.29, 1.82) is 0 Å². The molecule has 112 valence electrons. The molecule has 0 atom stereocenters. The molecular weight excluding hydrogens is 281 g/mol. The predicted molar refractivity (Wildman–Crippen MR) is 76.0 cm³/mol. The van der Waals surface area contributed by atoms with E-state index in [2.05, 4.69) is 10.1 Å². The number of aryl methyl sites for hydroxylation is 1. The molecular formula is C15H15F3N2O. The fraction of sp³-hybridized carbons (Fsp3) is 0.200. The van der Waals surface area contributed by atoms with E-state index in [-0.39, 0.29) is 5.69 Å². The van der Waals surface area contributed by atoms with Crippen LogP contribution in [-0.4, -0.2) is 6.61 Å². The maximum Gasteiger partial charge on any atom is 0.387 e. The maximum absolute atomic E-state index is 13.5. The van der Waals surface area contributed by atoms with Gasteiger partial charge in [0.05, 0.1) is 11.4 Å². The van der Waals surface area contributed by atoms with E-state index in [1.54, 1.807) is 0 Å². The van der Waals surface area contributed by atoms with Gasteiger partial charge in [-0.25, -0.2) is 4.39 Å². The molecule has 0 bridgehead atoms. The van der Waals surface area contributed by atoms with E-state index in [4.69, 9.17) is 5.73 Å². The summed E-state index contributed by atoms with van der Waals surface area (Å²) in [5, 5.41) is 2.99. The summed E-state index contributed by atoms with van der Waals surface area (Å²) < 4.78 is 42.0. The largest absolute Gasteiger partial charge is 0.432 e. The summed E-state index contributed by atoms with van der Waals surface area (Å²) in [4.78, 5) is 0. The Labute approximate surface area is 120 Å². The van der Waals surface area contributed by atoms with Crippen LogP contribution >= 0.6 is 0 Å². The summed E-state index contributed by atoms with van der Waals surface area (Å²) >= 11 is 0. The standard InChI is InChI=1S/C15H15F3N2O/c1-9-4-2-3-5-10(9)8-20-13-7-14(21-15(17)18)11(16)6-12(13)19/h2-7,15,20H,8,19H2,1H3. The second-order valence-electron chi connectivity index (χ2n) is 4.53. The number of benzene rings is 2. The Kier molecular flexibility index (Phi) is 4.57. The van der Waals surface area contributed by atoms with Gasteiger partial charge in [0.25, 0.3) is 0 Å². The Hall–Kier alpha value is -2.37. The quantitative estimate of drug-likeness (QED) is 0.822. The average Bonchev–Trinajstić information content (AvgIpc) is 2.41. The first-order valence-electron chi connectivity index (χ1n) is 6.29. The minimum absolute atomic E-state index is 0.128. The predicted octanol–water partition coefficient (Wildman–Crippen LogP) is 3.93. The van der Waals surface area contributed by atoms with Crippen molar-refractivity contribution in [3.8, 4) is 5.75 Å². The van der Waals surface area contributed by atoms with Gasteiger partial charge < -0.3 is 15.8 Å². The molecule has 21 heavy (non-hydrogen) atoms. The number of nitrogens with two attached hydrogens (primary N) is 1. The second-order valence-corrected chi connectivity index (χ2v) is 4.53. The van der Waals surface area contributed by atoms with Gasteiger partial charge in [-0.1, -0.05) is 24.3 Å². The molecule has 3 nitrogen and oxygen atoms in total. The van der Waals surface area contributed by atoms with E-state index in [1.807, 2.05) is 31.2 Å². The number of alkyl halides is 2. The maximum atomic E-state index is 13.5. The molecule has 0 amide bonds. The number of hydrogen-bond acceptors (Lipinski definition) is 3. The molecule has 0 heterocycles. The van der Waals surface area contributed by atoms with E-state index < -0.39 is 18.2 Å². The van der Waals surface area contributed by atoms with Crippen molar-refractivity contribution in [1.82, 2.24) is 0 Å². The van der Waals surface area contributed by atoms with Gasteiger partial charge in [0, 0.05) is 18.7 Å². The first kappa shape index (κ1) is 15.0. The third kappa shape index (κ3) is 3.81. The lowest BCUT2D eigenvalue weighted by Gasteiger charge is -2.13. The number of nitrogens with one attached hydrogen (secondary N) is 1. The zero-order chi connectivity index (χ0) is 15.4. The zero-order valence-electron chi connectivity index (χ0n) is 11.4. The normalized spacial score (nSPS) is 10.7. The molecule has 0 aromatic heterocycles. The number of hydrogen-bond donors (Lipinski definition) is 2. The van der Waals surface area contributed by atoms with Gasteiger partial charge in [-0.05, 0) is 18.1 Å². The van der Waals surface area contributed by atoms with Gasteiger partial charge in [0.2, 0.25) is 0 Å². The highest BCUT2D eigenvalue weighted by Gasteiger charge is 2.13. The molecule has 0 unspecified atom stereocenters. The molecule has 0 saturated carbocycles. The Morgan fingerprint density at radius 3 is 2.62 bits per heavy atom. The van der Waals surface area contributed by atoms with Gasteiger partial charge >= 0.3 is 6.61 Å². The van der Waals surface area contributed by atoms with Gasteiger partial charge in [0.15, 0.2) is 11.6 Å². The zero-order valence-corrected chi connectivity index (χ0v) is 11.4. The van der Waals surface area contributed by atoms with Crippen molar-refractivity contribution in [2.75, 3.05) is 11.1 Å². The molecule has 0 fully saturated rings. The van der Waals surface area contributed by atoms with Crippen LogP contribution in [0.15, 0.2) is 36.4 Å². The van der Waals surface area contributed by atoms with Crippen LogP contribution in [0.5, 0.6) is 5.75 Å². The van der Waals surface area contributed by atoms with Crippen molar-refractivity contribution >= 4 is 11.4 Å². The Morgan fingerprint density at radius 2 is 1.95 bits per heavy atom. The molecule has 2 aromatic rings. The number of nitrogen functional groups attached to an aromatic ring is 1. The molecule has 2 aromatic carbocycles. The summed E-state index contributed by atoms with van der Waals surface area (Å²) in [6.45, 7) is -0.695. The number of rotatable bonds is 5. The Morgan fingerprint density at radius 1 is 1.24 bits per heavy atom. The molecule has 0 radical (unpaired) electrons. The van der Waals surface area contributed by atoms with Crippen molar-refractivity contribution in [2.24, 2.45) is 0 Å². The summed E-state index contributed by atoms with van der Waals surface area (Å²) in [7, 11) is 0. The lowest BCUT2D eigenvalue weighted by Crippen LogP contribution is -2.07. The topological polar surface area (TPSA) is 47.3 Å². The summed E-state index contributed by atoms with van der Waals surface area (Å²) in [5.74, 6) is -1.46. The van der Waals surface area contributed by atoms with Crippen molar-refractivity contribution in [3.63, 3.8) is 0 Å². The van der Waals surface area contributed by atoms with Crippen molar-refractivity contribution in [2.45, 2.75) is 20.1 Å². The third-order valence-electron chi connectivity index (χ3n) is 3.05. The van der Waals surface area contributed by atoms with Crippen molar-refractivity contribution < 1.29 is 17.9 Å². The fourth-order valence-corrected chi connectivity index (χ4v) is 1.91. The summed E-state index contributed by atoms with van der Waals surface area (Å²) in [5.41, 5.74) is 8.25. The molecule has 0 aliphatic carbocycles. The first-order valence-corrected chi connectivity index (χ1v) is 6.29. The van der Waals surface area contributed by atoms with Crippen LogP contribution in [0.1, 0.15) is 11.1 Å². The lowest BCUT2D eigenvalue weighted by molar-refractivity contribution is -0.0521. The SMILES string of the molecule is Cc1ccccc1CNc1cc(OC(F)F)c(F)cc1N. The second kappa shape index (κ2) is 6.39. The van der Waals surface area contributed by atoms with Crippen LogP contribution < -0.4 is 15.8 Å². The fourth-order valence-electron chi connectivity index (χ4n) is 1.91. The molecule has 0 spiro atoms. The van der Waals surface area contributed by atoms with Crippen LogP contribution in [0.2, 0.25) is 0 Å². The Balaban J connectivity index is 2.18. The van der Waals surface area contributed by atoms with Gasteiger partial charge in [-0.2, -0.15) is 8.78 Å². The molecule has 3 N–H and O–H groups in total. The monoisotopic (exact) mass is 296 g/mol. The summed E-state index contributed by atoms with van der Waals surface area (Å²) in [6.07, 6.45) is 0. The van der Waals surface area contributed by atoms with E-state index in [1.165, 1.54) is 0 Å². The van der Waals surface area contributed by atoms with Crippen LogP contribution in [0, 0.1) is 12.7 Å². The lowest BCUT2D eigenvalue weighted by atomic mass is 10.1. The van der Waals surface area contributed by atoms with E-state index in [0.29, 0.717) is 12.2 Å². The summed E-state index contributed by atoms with van der Waals surface area (Å²) in [6, 6.07) is 9.78. The van der Waals surface area contributed by atoms with Crippen LogP contribution in [0.25, 0.3) is 0 Å². The van der Waals surface area contributed by atoms with Crippen molar-refractivity contribution in [3.05, 3.63) is 53.3 Å². The van der Waals surface area contributed by atoms with Crippen LogP contribution in [0.4, 0.5) is 24.5 Å². The highest BCUT2D eigenvalue weighted by molar-refractivity contribution is 5.68.